The minimum absolute atomic E-state index is 0.161. The number of hydrogen-bond donors (Lipinski definition) is 1. The van der Waals surface area contributed by atoms with Crippen molar-refractivity contribution in [2.24, 2.45) is 5.41 Å². The van der Waals surface area contributed by atoms with Crippen molar-refractivity contribution < 1.29 is 14.3 Å². The van der Waals surface area contributed by atoms with E-state index in [2.05, 4.69) is 5.32 Å². The Morgan fingerprint density at radius 1 is 1.28 bits per heavy atom. The molecule has 1 atom stereocenters. The first-order valence-electron chi connectivity index (χ1n) is 6.08. The zero-order chi connectivity index (χ0) is 13.2. The highest BCUT2D eigenvalue weighted by Gasteiger charge is 2.36. The Labute approximate surface area is 107 Å². The van der Waals surface area contributed by atoms with Crippen molar-refractivity contribution in [1.82, 2.24) is 5.32 Å². The number of carbonyl (C=O) groups excluding carboxylic acids is 1. The summed E-state index contributed by atoms with van der Waals surface area (Å²) >= 11 is 0. The van der Waals surface area contributed by atoms with Gasteiger partial charge in [-0.25, -0.2) is 0 Å². The summed E-state index contributed by atoms with van der Waals surface area (Å²) < 4.78 is 10.4. The smallest absolute Gasteiger partial charge is 0.170 e. The average molecular weight is 249 g/mol. The molecular formula is C14H19NO3. The Balaban J connectivity index is 2.31. The third kappa shape index (κ3) is 2.20. The third-order valence-electron chi connectivity index (χ3n) is 3.56. The fourth-order valence-electron chi connectivity index (χ4n) is 2.34. The van der Waals surface area contributed by atoms with Crippen molar-refractivity contribution in [3.8, 4) is 11.5 Å². The van der Waals surface area contributed by atoms with E-state index in [0.717, 1.165) is 19.5 Å². The van der Waals surface area contributed by atoms with Gasteiger partial charge in [0.1, 0.15) is 0 Å². The van der Waals surface area contributed by atoms with Gasteiger partial charge in [-0.15, -0.1) is 0 Å². The fraction of sp³-hybridized carbons (Fsp3) is 0.500. The molecule has 1 N–H and O–H groups in total. The minimum Gasteiger partial charge on any atom is -0.493 e. The van der Waals surface area contributed by atoms with Crippen LogP contribution in [0.5, 0.6) is 11.5 Å². The second kappa shape index (κ2) is 4.98. The van der Waals surface area contributed by atoms with Crippen LogP contribution in [-0.4, -0.2) is 33.1 Å². The number of hydrogen-bond acceptors (Lipinski definition) is 4. The molecule has 0 spiro atoms. The Morgan fingerprint density at radius 3 is 2.56 bits per heavy atom. The zero-order valence-electron chi connectivity index (χ0n) is 11.1. The van der Waals surface area contributed by atoms with Crippen LogP contribution < -0.4 is 14.8 Å². The summed E-state index contributed by atoms with van der Waals surface area (Å²) in [6.45, 7) is 3.64. The quantitative estimate of drug-likeness (QED) is 0.828. The lowest BCUT2D eigenvalue weighted by molar-refractivity contribution is 0.0839. The van der Waals surface area contributed by atoms with Gasteiger partial charge in [-0.05, 0) is 31.2 Å². The van der Waals surface area contributed by atoms with Crippen LogP contribution in [0.1, 0.15) is 23.7 Å². The fourth-order valence-corrected chi connectivity index (χ4v) is 2.34. The molecule has 1 heterocycles. The summed E-state index contributed by atoms with van der Waals surface area (Å²) in [6, 6.07) is 5.33. The molecule has 0 aliphatic carbocycles. The van der Waals surface area contributed by atoms with Gasteiger partial charge < -0.3 is 14.8 Å². The molecule has 1 aliphatic rings. The monoisotopic (exact) mass is 249 g/mol. The van der Waals surface area contributed by atoms with Gasteiger partial charge >= 0.3 is 0 Å². The molecule has 1 unspecified atom stereocenters. The molecule has 1 aliphatic heterocycles. The summed E-state index contributed by atoms with van der Waals surface area (Å²) in [4.78, 5) is 12.5. The van der Waals surface area contributed by atoms with Gasteiger partial charge in [0.15, 0.2) is 17.3 Å². The Kier molecular flexibility index (Phi) is 3.57. The maximum atomic E-state index is 12.5. The van der Waals surface area contributed by atoms with E-state index in [1.807, 2.05) is 6.92 Å². The number of carbonyl (C=O) groups is 1. The number of Topliss-reactive ketones (excluding diaryl/α,β-unsaturated/α-hetero) is 1. The summed E-state index contributed by atoms with van der Waals surface area (Å²) in [5.41, 5.74) is 0.374. The molecule has 1 aromatic rings. The molecule has 98 valence electrons. The number of benzene rings is 1. The van der Waals surface area contributed by atoms with Crippen LogP contribution in [0.3, 0.4) is 0 Å². The number of methoxy groups -OCH3 is 2. The van der Waals surface area contributed by atoms with Gasteiger partial charge in [-0.2, -0.15) is 0 Å². The normalized spacial score (nSPS) is 22.8. The van der Waals surface area contributed by atoms with Crippen molar-refractivity contribution in [2.75, 3.05) is 27.3 Å². The molecule has 0 radical (unpaired) electrons. The molecule has 1 fully saturated rings. The second-order valence-electron chi connectivity index (χ2n) is 4.89. The molecule has 0 bridgehead atoms. The lowest BCUT2D eigenvalue weighted by Crippen LogP contribution is -2.30. The Hall–Kier alpha value is -1.55. The molecular weight excluding hydrogens is 230 g/mol. The first-order chi connectivity index (χ1) is 8.60. The molecule has 2 rings (SSSR count). The lowest BCUT2D eigenvalue weighted by atomic mass is 9.81. The predicted octanol–water partition coefficient (Wildman–Crippen LogP) is 1.89. The van der Waals surface area contributed by atoms with Gasteiger partial charge in [-0.1, -0.05) is 6.92 Å². The van der Waals surface area contributed by atoms with Crippen LogP contribution in [0.25, 0.3) is 0 Å². The molecule has 0 amide bonds. The van der Waals surface area contributed by atoms with Crippen molar-refractivity contribution in [2.45, 2.75) is 13.3 Å². The van der Waals surface area contributed by atoms with Crippen LogP contribution in [0.15, 0.2) is 18.2 Å². The van der Waals surface area contributed by atoms with E-state index in [0.29, 0.717) is 17.1 Å². The van der Waals surface area contributed by atoms with Gasteiger partial charge in [0.25, 0.3) is 0 Å². The molecule has 4 heteroatoms. The maximum Gasteiger partial charge on any atom is 0.170 e. The lowest BCUT2D eigenvalue weighted by Gasteiger charge is -2.21. The van der Waals surface area contributed by atoms with Crippen LogP contribution in [0.2, 0.25) is 0 Å². The summed E-state index contributed by atoms with van der Waals surface area (Å²) in [6.07, 6.45) is 0.875. The maximum absolute atomic E-state index is 12.5. The van der Waals surface area contributed by atoms with Gasteiger partial charge in [0.05, 0.1) is 14.2 Å². The van der Waals surface area contributed by atoms with E-state index in [1.165, 1.54) is 0 Å². The predicted molar refractivity (Wildman–Crippen MR) is 69.5 cm³/mol. The topological polar surface area (TPSA) is 47.6 Å². The minimum atomic E-state index is -0.306. The molecule has 4 nitrogen and oxygen atoms in total. The van der Waals surface area contributed by atoms with E-state index in [4.69, 9.17) is 9.47 Å². The third-order valence-corrected chi connectivity index (χ3v) is 3.56. The van der Waals surface area contributed by atoms with Crippen LogP contribution in [0, 0.1) is 5.41 Å². The molecule has 18 heavy (non-hydrogen) atoms. The first kappa shape index (κ1) is 12.9. The SMILES string of the molecule is COc1ccc(C(=O)C2(C)CCNC2)cc1OC. The van der Waals surface area contributed by atoms with Gasteiger partial charge in [0, 0.05) is 17.5 Å². The number of rotatable bonds is 4. The molecule has 1 saturated heterocycles. The summed E-state index contributed by atoms with van der Waals surface area (Å²) in [7, 11) is 3.16. The van der Waals surface area contributed by atoms with Crippen molar-refractivity contribution in [3.05, 3.63) is 23.8 Å². The first-order valence-corrected chi connectivity index (χ1v) is 6.08. The average Bonchev–Trinajstić information content (AvgIpc) is 2.85. The van der Waals surface area contributed by atoms with Crippen molar-refractivity contribution >= 4 is 5.78 Å². The van der Waals surface area contributed by atoms with Crippen molar-refractivity contribution in [1.29, 1.82) is 0 Å². The standard InChI is InChI=1S/C14H19NO3/c1-14(6-7-15-9-14)13(16)10-4-5-11(17-2)12(8-10)18-3/h4-5,8,15H,6-7,9H2,1-3H3. The van der Waals surface area contributed by atoms with E-state index in [-0.39, 0.29) is 11.2 Å². The molecule has 0 aromatic heterocycles. The van der Waals surface area contributed by atoms with Crippen LogP contribution in [-0.2, 0) is 0 Å². The van der Waals surface area contributed by atoms with E-state index < -0.39 is 0 Å². The molecule has 1 aromatic carbocycles. The van der Waals surface area contributed by atoms with E-state index in [1.54, 1.807) is 32.4 Å². The summed E-state index contributed by atoms with van der Waals surface area (Å²) in [5, 5.41) is 3.24. The zero-order valence-corrected chi connectivity index (χ0v) is 11.1. The highest BCUT2D eigenvalue weighted by molar-refractivity contribution is 6.01. The van der Waals surface area contributed by atoms with E-state index >= 15 is 0 Å². The highest BCUT2D eigenvalue weighted by Crippen LogP contribution is 2.33. The van der Waals surface area contributed by atoms with Gasteiger partial charge in [-0.3, -0.25) is 4.79 Å². The Morgan fingerprint density at radius 2 is 2.00 bits per heavy atom. The Bertz CT molecular complexity index is 450. The van der Waals surface area contributed by atoms with E-state index in [9.17, 15) is 4.79 Å². The number of ketones is 1. The molecule has 0 saturated carbocycles. The summed E-state index contributed by atoms with van der Waals surface area (Å²) in [5.74, 6) is 1.40. The number of nitrogens with one attached hydrogen (secondary N) is 1. The van der Waals surface area contributed by atoms with Gasteiger partial charge in [0.2, 0.25) is 0 Å². The largest absolute Gasteiger partial charge is 0.493 e. The highest BCUT2D eigenvalue weighted by atomic mass is 16.5. The van der Waals surface area contributed by atoms with Crippen LogP contribution in [0.4, 0.5) is 0 Å². The van der Waals surface area contributed by atoms with Crippen molar-refractivity contribution in [3.63, 3.8) is 0 Å². The van der Waals surface area contributed by atoms with Crippen LogP contribution >= 0.6 is 0 Å². The second-order valence-corrected chi connectivity index (χ2v) is 4.89. The number of ether oxygens (including phenoxy) is 2.